The van der Waals surface area contributed by atoms with E-state index in [1.165, 1.54) is 11.8 Å². The third-order valence-electron chi connectivity index (χ3n) is 4.23. The second kappa shape index (κ2) is 8.39. The van der Waals surface area contributed by atoms with Crippen LogP contribution >= 0.6 is 11.8 Å². The number of aromatic amines is 2. The number of ketones is 1. The van der Waals surface area contributed by atoms with Gasteiger partial charge < -0.3 is 9.72 Å². The molecular formula is C19H21N5O3S. The van der Waals surface area contributed by atoms with Gasteiger partial charge in [0.1, 0.15) is 0 Å². The van der Waals surface area contributed by atoms with E-state index in [1.807, 2.05) is 12.1 Å². The molecule has 2 N–H and O–H groups in total. The second-order valence-corrected chi connectivity index (χ2v) is 7.48. The molecule has 0 aliphatic heterocycles. The van der Waals surface area contributed by atoms with Crippen LogP contribution in [0.2, 0.25) is 0 Å². The van der Waals surface area contributed by atoms with Crippen LogP contribution in [0.5, 0.6) is 0 Å². The van der Waals surface area contributed by atoms with Crippen LogP contribution in [0, 0.1) is 13.8 Å². The molecule has 0 fully saturated rings. The summed E-state index contributed by atoms with van der Waals surface area (Å²) in [7, 11) is 0. The van der Waals surface area contributed by atoms with Crippen molar-refractivity contribution in [2.24, 2.45) is 0 Å². The zero-order chi connectivity index (χ0) is 20.3. The maximum atomic E-state index is 12.9. The largest absolute Gasteiger partial charge is 0.462 e. The van der Waals surface area contributed by atoms with E-state index in [-0.39, 0.29) is 12.4 Å². The van der Waals surface area contributed by atoms with Crippen molar-refractivity contribution in [3.63, 3.8) is 0 Å². The number of nitrogens with zero attached hydrogens (tertiary/aromatic N) is 3. The summed E-state index contributed by atoms with van der Waals surface area (Å²) >= 11 is 1.25. The van der Waals surface area contributed by atoms with Gasteiger partial charge in [-0.25, -0.2) is 9.78 Å². The quantitative estimate of drug-likeness (QED) is 0.356. The van der Waals surface area contributed by atoms with Crippen LogP contribution in [0.1, 0.15) is 46.0 Å². The number of hydrogen-bond acceptors (Lipinski definition) is 7. The van der Waals surface area contributed by atoms with Gasteiger partial charge in [-0.15, -0.1) is 5.10 Å². The van der Waals surface area contributed by atoms with E-state index in [0.717, 1.165) is 5.56 Å². The molecule has 3 heterocycles. The molecule has 0 saturated heterocycles. The summed E-state index contributed by atoms with van der Waals surface area (Å²) in [5.74, 6) is 0.0570. The third kappa shape index (κ3) is 3.99. The molecule has 28 heavy (non-hydrogen) atoms. The van der Waals surface area contributed by atoms with E-state index >= 15 is 0 Å². The number of carbonyl (C=O) groups excluding carboxylic acids is 2. The van der Waals surface area contributed by atoms with Gasteiger partial charge in [-0.3, -0.25) is 14.9 Å². The molecule has 0 aliphatic carbocycles. The Kier molecular flexibility index (Phi) is 5.93. The molecule has 8 nitrogen and oxygen atoms in total. The highest BCUT2D eigenvalue weighted by Gasteiger charge is 2.27. The number of thioether (sulfide) groups is 1. The molecule has 146 valence electrons. The highest BCUT2D eigenvalue weighted by atomic mass is 32.2. The van der Waals surface area contributed by atoms with Crippen LogP contribution in [0.3, 0.4) is 0 Å². The summed E-state index contributed by atoms with van der Waals surface area (Å²) in [4.78, 5) is 36.5. The number of rotatable bonds is 7. The molecule has 3 aromatic rings. The Hall–Kier alpha value is -2.94. The summed E-state index contributed by atoms with van der Waals surface area (Å²) in [6.07, 6.45) is 3.35. The number of nitrogens with one attached hydrogen (secondary N) is 2. The van der Waals surface area contributed by atoms with Crippen LogP contribution in [0.4, 0.5) is 0 Å². The summed E-state index contributed by atoms with van der Waals surface area (Å²) < 4.78 is 5.08. The van der Waals surface area contributed by atoms with Gasteiger partial charge in [0.2, 0.25) is 5.16 Å². The van der Waals surface area contributed by atoms with E-state index in [1.54, 1.807) is 40.1 Å². The molecule has 1 atom stereocenters. The van der Waals surface area contributed by atoms with Gasteiger partial charge in [-0.1, -0.05) is 11.8 Å². The number of hydrogen-bond donors (Lipinski definition) is 2. The van der Waals surface area contributed by atoms with Crippen molar-refractivity contribution in [1.29, 1.82) is 0 Å². The van der Waals surface area contributed by atoms with E-state index in [9.17, 15) is 9.59 Å². The van der Waals surface area contributed by atoms with Gasteiger partial charge >= 0.3 is 5.97 Å². The normalized spacial score (nSPS) is 12.0. The van der Waals surface area contributed by atoms with E-state index in [0.29, 0.717) is 33.5 Å². The molecule has 0 aromatic carbocycles. The average Bonchev–Trinajstić information content (AvgIpc) is 3.26. The Morgan fingerprint density at radius 3 is 2.64 bits per heavy atom. The lowest BCUT2D eigenvalue weighted by Crippen LogP contribution is -2.16. The molecule has 3 aromatic heterocycles. The van der Waals surface area contributed by atoms with Crippen molar-refractivity contribution in [1.82, 2.24) is 25.1 Å². The van der Waals surface area contributed by atoms with Crippen LogP contribution in [0.15, 0.2) is 29.7 Å². The lowest BCUT2D eigenvalue weighted by molar-refractivity contribution is 0.0525. The first-order valence-corrected chi connectivity index (χ1v) is 9.70. The fourth-order valence-electron chi connectivity index (χ4n) is 2.86. The first kappa shape index (κ1) is 19.8. The summed E-state index contributed by atoms with van der Waals surface area (Å²) in [5.41, 5.74) is 2.91. The van der Waals surface area contributed by atoms with Gasteiger partial charge in [0.15, 0.2) is 11.6 Å². The molecule has 0 unspecified atom stereocenters. The van der Waals surface area contributed by atoms with Crippen molar-refractivity contribution in [2.75, 3.05) is 6.61 Å². The number of aromatic nitrogens is 5. The second-order valence-electron chi connectivity index (χ2n) is 6.17. The maximum absolute atomic E-state index is 12.9. The zero-order valence-electron chi connectivity index (χ0n) is 16.1. The maximum Gasteiger partial charge on any atom is 0.340 e. The molecule has 0 radical (unpaired) electrons. The summed E-state index contributed by atoms with van der Waals surface area (Å²) in [5, 5.41) is 7.08. The minimum absolute atomic E-state index is 0.128. The molecule has 0 spiro atoms. The minimum atomic E-state index is -0.437. The van der Waals surface area contributed by atoms with Gasteiger partial charge in [0.25, 0.3) is 0 Å². The van der Waals surface area contributed by atoms with Crippen LogP contribution < -0.4 is 0 Å². The van der Waals surface area contributed by atoms with Crippen molar-refractivity contribution in [3.8, 4) is 11.4 Å². The highest BCUT2D eigenvalue weighted by Crippen LogP contribution is 2.27. The molecule has 9 heteroatoms. The topological polar surface area (TPSA) is 114 Å². The van der Waals surface area contributed by atoms with E-state index in [2.05, 4.69) is 25.1 Å². The number of H-pyrrole nitrogens is 2. The Morgan fingerprint density at radius 2 is 1.96 bits per heavy atom. The molecule has 0 aliphatic rings. The van der Waals surface area contributed by atoms with Crippen LogP contribution in [-0.2, 0) is 4.74 Å². The van der Waals surface area contributed by atoms with Crippen LogP contribution in [0.25, 0.3) is 11.4 Å². The Bertz CT molecular complexity index is 996. The number of Topliss-reactive ketones (excluding diaryl/α,β-unsaturated/α-hetero) is 1. The van der Waals surface area contributed by atoms with Crippen molar-refractivity contribution in [2.45, 2.75) is 38.1 Å². The molecule has 0 amide bonds. The van der Waals surface area contributed by atoms with Gasteiger partial charge in [-0.05, 0) is 45.4 Å². The van der Waals surface area contributed by atoms with E-state index < -0.39 is 11.2 Å². The van der Waals surface area contributed by atoms with Crippen molar-refractivity contribution < 1.29 is 14.3 Å². The molecule has 0 saturated carbocycles. The molecule has 0 bridgehead atoms. The number of pyridine rings is 1. The van der Waals surface area contributed by atoms with Crippen LogP contribution in [-0.4, -0.2) is 48.8 Å². The van der Waals surface area contributed by atoms with Gasteiger partial charge in [-0.2, -0.15) is 0 Å². The third-order valence-corrected chi connectivity index (χ3v) is 5.19. The zero-order valence-corrected chi connectivity index (χ0v) is 16.9. The Balaban J connectivity index is 1.76. The monoisotopic (exact) mass is 399 g/mol. The lowest BCUT2D eigenvalue weighted by Gasteiger charge is -2.07. The SMILES string of the molecule is CCOC(=O)c1c(C)[nH]c(C(=O)[C@H](C)Sc2n[nH]c(-c3ccncc3)n2)c1C. The first-order chi connectivity index (χ1) is 13.4. The smallest absolute Gasteiger partial charge is 0.340 e. The fourth-order valence-corrected chi connectivity index (χ4v) is 3.64. The average molecular weight is 399 g/mol. The number of aryl methyl sites for hydroxylation is 1. The van der Waals surface area contributed by atoms with Crippen molar-refractivity contribution in [3.05, 3.63) is 47.0 Å². The predicted octanol–water partition coefficient (Wildman–Crippen LogP) is 3.35. The fraction of sp³-hybridized carbons (Fsp3) is 0.316. The van der Waals surface area contributed by atoms with E-state index in [4.69, 9.17) is 4.74 Å². The Morgan fingerprint density at radius 1 is 1.25 bits per heavy atom. The minimum Gasteiger partial charge on any atom is -0.462 e. The number of esters is 1. The predicted molar refractivity (Wildman–Crippen MR) is 105 cm³/mol. The highest BCUT2D eigenvalue weighted by molar-refractivity contribution is 8.00. The van der Waals surface area contributed by atoms with Gasteiger partial charge in [0, 0.05) is 23.7 Å². The number of ether oxygens (including phenoxy) is 1. The van der Waals surface area contributed by atoms with Crippen molar-refractivity contribution >= 4 is 23.5 Å². The molecule has 3 rings (SSSR count). The number of carbonyl (C=O) groups is 2. The lowest BCUT2D eigenvalue weighted by atomic mass is 10.1. The summed E-state index contributed by atoms with van der Waals surface area (Å²) in [6.45, 7) is 7.31. The molecular weight excluding hydrogens is 378 g/mol. The van der Waals surface area contributed by atoms with Gasteiger partial charge in [0.05, 0.1) is 23.1 Å². The standard InChI is InChI=1S/C19H21N5O3S/c1-5-27-18(26)14-10(2)15(21-11(14)3)16(25)12(4)28-19-22-17(23-24-19)13-6-8-20-9-7-13/h6-9,12,21H,5H2,1-4H3,(H,22,23,24)/t12-/m0/s1. The first-order valence-electron chi connectivity index (χ1n) is 8.82. The Labute approximate surface area is 166 Å². The summed E-state index contributed by atoms with van der Waals surface area (Å²) in [6, 6.07) is 3.65.